The number of ether oxygens (including phenoxy) is 2. The Hall–Kier alpha value is -1.71. The Kier molecular flexibility index (Phi) is 5.33. The quantitative estimate of drug-likeness (QED) is 0.710. The van der Waals surface area contributed by atoms with Crippen LogP contribution < -0.4 is 9.64 Å². The van der Waals surface area contributed by atoms with Crippen molar-refractivity contribution in [2.24, 2.45) is 0 Å². The van der Waals surface area contributed by atoms with Gasteiger partial charge in [0, 0.05) is 19.3 Å². The van der Waals surface area contributed by atoms with Crippen molar-refractivity contribution in [3.8, 4) is 5.75 Å². The maximum absolute atomic E-state index is 11.0. The molecule has 0 spiro atoms. The zero-order valence-electron chi connectivity index (χ0n) is 10.6. The van der Waals surface area contributed by atoms with E-state index in [-0.39, 0.29) is 5.97 Å². The lowest BCUT2D eigenvalue weighted by molar-refractivity contribution is -0.140. The number of esters is 1. The highest BCUT2D eigenvalue weighted by Crippen LogP contribution is 2.18. The van der Waals surface area contributed by atoms with Crippen molar-refractivity contribution >= 4 is 11.7 Å². The molecule has 0 heterocycles. The fraction of sp³-hybridized carbons (Fsp3) is 0.462. The number of methoxy groups -OCH3 is 1. The molecule has 0 aliphatic rings. The molecule has 4 heteroatoms. The highest BCUT2D eigenvalue weighted by Gasteiger charge is 2.05. The van der Waals surface area contributed by atoms with Crippen LogP contribution in [0.15, 0.2) is 24.3 Å². The van der Waals surface area contributed by atoms with Crippen molar-refractivity contribution in [3.63, 3.8) is 0 Å². The number of carbonyl (C=O) groups is 1. The minimum absolute atomic E-state index is 0.192. The van der Waals surface area contributed by atoms with Gasteiger partial charge >= 0.3 is 5.97 Å². The van der Waals surface area contributed by atoms with Gasteiger partial charge in [0.2, 0.25) is 0 Å². The number of hydrogen-bond acceptors (Lipinski definition) is 4. The van der Waals surface area contributed by atoms with Gasteiger partial charge in [-0.2, -0.15) is 0 Å². The molecule has 0 saturated heterocycles. The van der Waals surface area contributed by atoms with E-state index in [2.05, 4.69) is 4.74 Å². The fourth-order valence-corrected chi connectivity index (χ4v) is 1.45. The summed E-state index contributed by atoms with van der Waals surface area (Å²) in [7, 11) is 3.35. The summed E-state index contributed by atoms with van der Waals surface area (Å²) in [4.78, 5) is 13.0. The lowest BCUT2D eigenvalue weighted by Crippen LogP contribution is -2.21. The van der Waals surface area contributed by atoms with Crippen LogP contribution in [0, 0.1) is 0 Å². The molecule has 0 aliphatic heterocycles. The summed E-state index contributed by atoms with van der Waals surface area (Å²) < 4.78 is 9.97. The minimum Gasteiger partial charge on any atom is -0.494 e. The van der Waals surface area contributed by atoms with E-state index in [1.807, 2.05) is 43.1 Å². The predicted molar refractivity (Wildman–Crippen MR) is 67.5 cm³/mol. The van der Waals surface area contributed by atoms with Gasteiger partial charge in [-0.1, -0.05) is 0 Å². The van der Waals surface area contributed by atoms with Gasteiger partial charge in [0.15, 0.2) is 0 Å². The molecule has 0 unspecified atom stereocenters. The summed E-state index contributed by atoms with van der Waals surface area (Å²) in [6, 6.07) is 7.80. The Balaban J connectivity index is 2.51. The molecule has 0 saturated carbocycles. The Morgan fingerprint density at radius 1 is 1.29 bits per heavy atom. The molecule has 0 atom stereocenters. The van der Waals surface area contributed by atoms with Crippen LogP contribution in [-0.4, -0.2) is 33.3 Å². The second-order valence-corrected chi connectivity index (χ2v) is 3.67. The third-order valence-corrected chi connectivity index (χ3v) is 2.47. The van der Waals surface area contributed by atoms with Gasteiger partial charge in [0.05, 0.1) is 20.1 Å². The van der Waals surface area contributed by atoms with Gasteiger partial charge in [-0.05, 0) is 31.2 Å². The zero-order chi connectivity index (χ0) is 12.7. The summed E-state index contributed by atoms with van der Waals surface area (Å²) >= 11 is 0. The van der Waals surface area contributed by atoms with Gasteiger partial charge < -0.3 is 14.4 Å². The van der Waals surface area contributed by atoms with Gasteiger partial charge in [-0.15, -0.1) is 0 Å². The van der Waals surface area contributed by atoms with E-state index in [1.54, 1.807) is 0 Å². The monoisotopic (exact) mass is 237 g/mol. The standard InChI is InChI=1S/C13H19NO3/c1-4-17-12-7-5-11(6-8-12)14(2)10-9-13(15)16-3/h5-8H,4,9-10H2,1-3H3. The molecule has 0 fully saturated rings. The molecule has 0 amide bonds. The van der Waals surface area contributed by atoms with Crippen LogP contribution in [0.25, 0.3) is 0 Å². The Bertz CT molecular complexity index is 348. The molecule has 94 valence electrons. The molecule has 0 aliphatic carbocycles. The van der Waals surface area contributed by atoms with E-state index < -0.39 is 0 Å². The summed E-state index contributed by atoms with van der Waals surface area (Å²) in [6.45, 7) is 3.26. The number of hydrogen-bond donors (Lipinski definition) is 0. The predicted octanol–water partition coefficient (Wildman–Crippen LogP) is 2.08. The van der Waals surface area contributed by atoms with E-state index in [9.17, 15) is 4.79 Å². The number of rotatable bonds is 6. The number of nitrogens with zero attached hydrogens (tertiary/aromatic N) is 1. The third kappa shape index (κ3) is 4.34. The fourth-order valence-electron chi connectivity index (χ4n) is 1.45. The highest BCUT2D eigenvalue weighted by molar-refractivity contribution is 5.70. The average molecular weight is 237 g/mol. The van der Waals surface area contributed by atoms with Crippen LogP contribution in [0.5, 0.6) is 5.75 Å². The third-order valence-electron chi connectivity index (χ3n) is 2.47. The average Bonchev–Trinajstić information content (AvgIpc) is 2.36. The lowest BCUT2D eigenvalue weighted by Gasteiger charge is -2.18. The van der Waals surface area contributed by atoms with Gasteiger partial charge in [-0.3, -0.25) is 4.79 Å². The van der Waals surface area contributed by atoms with E-state index in [4.69, 9.17) is 4.74 Å². The van der Waals surface area contributed by atoms with Crippen LogP contribution in [-0.2, 0) is 9.53 Å². The first kappa shape index (κ1) is 13.4. The highest BCUT2D eigenvalue weighted by atomic mass is 16.5. The van der Waals surface area contributed by atoms with Crippen molar-refractivity contribution in [1.82, 2.24) is 0 Å². The normalized spacial score (nSPS) is 9.82. The maximum atomic E-state index is 11.0. The van der Waals surface area contributed by atoms with E-state index in [1.165, 1.54) is 7.11 Å². The Morgan fingerprint density at radius 3 is 2.47 bits per heavy atom. The van der Waals surface area contributed by atoms with Crippen molar-refractivity contribution in [3.05, 3.63) is 24.3 Å². The van der Waals surface area contributed by atoms with E-state index in [0.717, 1.165) is 11.4 Å². The van der Waals surface area contributed by atoms with Gasteiger partial charge in [-0.25, -0.2) is 0 Å². The minimum atomic E-state index is -0.192. The number of carbonyl (C=O) groups excluding carboxylic acids is 1. The molecular weight excluding hydrogens is 218 g/mol. The second-order valence-electron chi connectivity index (χ2n) is 3.67. The molecule has 4 nitrogen and oxygen atoms in total. The van der Waals surface area contributed by atoms with E-state index in [0.29, 0.717) is 19.6 Å². The summed E-state index contributed by atoms with van der Waals surface area (Å²) in [5, 5.41) is 0. The summed E-state index contributed by atoms with van der Waals surface area (Å²) in [5.41, 5.74) is 1.05. The zero-order valence-corrected chi connectivity index (χ0v) is 10.6. The summed E-state index contributed by atoms with van der Waals surface area (Å²) in [5.74, 6) is 0.667. The lowest BCUT2D eigenvalue weighted by atomic mass is 10.2. The Labute approximate surface area is 102 Å². The Morgan fingerprint density at radius 2 is 1.94 bits per heavy atom. The first-order valence-corrected chi connectivity index (χ1v) is 5.68. The maximum Gasteiger partial charge on any atom is 0.307 e. The first-order valence-electron chi connectivity index (χ1n) is 5.68. The molecule has 0 aromatic heterocycles. The van der Waals surface area contributed by atoms with Gasteiger partial charge in [0.25, 0.3) is 0 Å². The SMILES string of the molecule is CCOc1ccc(N(C)CCC(=O)OC)cc1. The number of anilines is 1. The van der Waals surface area contributed by atoms with Gasteiger partial charge in [0.1, 0.15) is 5.75 Å². The first-order chi connectivity index (χ1) is 8.17. The second kappa shape index (κ2) is 6.78. The van der Waals surface area contributed by atoms with Crippen molar-refractivity contribution in [2.45, 2.75) is 13.3 Å². The van der Waals surface area contributed by atoms with Crippen LogP contribution >= 0.6 is 0 Å². The van der Waals surface area contributed by atoms with Crippen LogP contribution in [0.1, 0.15) is 13.3 Å². The van der Waals surface area contributed by atoms with E-state index >= 15 is 0 Å². The van der Waals surface area contributed by atoms with Crippen molar-refractivity contribution in [2.75, 3.05) is 32.2 Å². The van der Waals surface area contributed by atoms with Crippen molar-refractivity contribution in [1.29, 1.82) is 0 Å². The molecule has 0 radical (unpaired) electrons. The number of benzene rings is 1. The topological polar surface area (TPSA) is 38.8 Å². The molecule has 17 heavy (non-hydrogen) atoms. The molecule has 0 N–H and O–H groups in total. The van der Waals surface area contributed by atoms with Crippen LogP contribution in [0.4, 0.5) is 5.69 Å². The molecule has 1 rings (SSSR count). The molecule has 1 aromatic rings. The molecular formula is C13H19NO3. The summed E-state index contributed by atoms with van der Waals surface area (Å²) in [6.07, 6.45) is 0.389. The van der Waals surface area contributed by atoms with Crippen LogP contribution in [0.2, 0.25) is 0 Å². The van der Waals surface area contributed by atoms with Crippen molar-refractivity contribution < 1.29 is 14.3 Å². The molecule has 0 bridgehead atoms. The largest absolute Gasteiger partial charge is 0.494 e. The van der Waals surface area contributed by atoms with Crippen LogP contribution in [0.3, 0.4) is 0 Å². The molecule has 1 aromatic carbocycles. The smallest absolute Gasteiger partial charge is 0.307 e.